The van der Waals surface area contributed by atoms with Crippen molar-refractivity contribution in [3.8, 4) is 0 Å². The fourth-order valence-corrected chi connectivity index (χ4v) is 1.93. The highest BCUT2D eigenvalue weighted by Crippen LogP contribution is 2.08. The predicted octanol–water partition coefficient (Wildman–Crippen LogP) is 3.34. The van der Waals surface area contributed by atoms with Crippen LogP contribution in [0.5, 0.6) is 0 Å². The molecule has 0 aromatic carbocycles. The van der Waals surface area contributed by atoms with Crippen LogP contribution in [0.25, 0.3) is 0 Å². The van der Waals surface area contributed by atoms with Gasteiger partial charge in [-0.2, -0.15) is 0 Å². The van der Waals surface area contributed by atoms with E-state index in [-0.39, 0.29) is 0 Å². The van der Waals surface area contributed by atoms with Gasteiger partial charge in [-0.25, -0.2) is 0 Å². The van der Waals surface area contributed by atoms with Crippen LogP contribution in [0.4, 0.5) is 0 Å². The molecular formula is C13H28N2S. The molecule has 1 unspecified atom stereocenters. The highest BCUT2D eigenvalue weighted by atomic mass is 32.1. The van der Waals surface area contributed by atoms with Crippen molar-refractivity contribution in [1.82, 2.24) is 4.90 Å². The summed E-state index contributed by atoms with van der Waals surface area (Å²) in [6.45, 7) is 9.26. The Kier molecular flexibility index (Phi) is 9.94. The molecule has 0 aromatic rings. The number of hydrogen-bond donors (Lipinski definition) is 1. The molecular weight excluding hydrogens is 216 g/mol. The molecule has 3 heteroatoms. The molecule has 0 saturated carbocycles. The Hall–Kier alpha value is -0.150. The minimum atomic E-state index is 0.656. The number of unbranched alkanes of at least 4 members (excludes halogenated alkanes) is 2. The van der Waals surface area contributed by atoms with Crippen LogP contribution in [0.15, 0.2) is 0 Å². The fourth-order valence-electron chi connectivity index (χ4n) is 1.79. The highest BCUT2D eigenvalue weighted by Gasteiger charge is 2.10. The molecule has 0 radical (unpaired) electrons. The quantitative estimate of drug-likeness (QED) is 0.472. The van der Waals surface area contributed by atoms with E-state index in [2.05, 4.69) is 25.7 Å². The van der Waals surface area contributed by atoms with Crippen LogP contribution in [0.2, 0.25) is 0 Å². The maximum atomic E-state index is 5.49. The van der Waals surface area contributed by atoms with Crippen molar-refractivity contribution in [3.05, 3.63) is 0 Å². The summed E-state index contributed by atoms with van der Waals surface area (Å²) in [5.41, 5.74) is 5.49. The molecule has 2 N–H and O–H groups in total. The summed E-state index contributed by atoms with van der Waals surface area (Å²) in [6, 6.07) is 0.705. The molecule has 2 nitrogen and oxygen atoms in total. The van der Waals surface area contributed by atoms with Gasteiger partial charge < -0.3 is 10.6 Å². The SMILES string of the molecule is CCCCN(CCCCC(N)=S)C(C)CC. The minimum absolute atomic E-state index is 0.656. The topological polar surface area (TPSA) is 29.3 Å². The van der Waals surface area contributed by atoms with Crippen molar-refractivity contribution in [2.45, 2.75) is 65.3 Å². The zero-order valence-electron chi connectivity index (χ0n) is 11.2. The molecule has 0 heterocycles. The van der Waals surface area contributed by atoms with Crippen LogP contribution < -0.4 is 5.73 Å². The first-order chi connectivity index (χ1) is 7.61. The molecule has 96 valence electrons. The number of nitrogens with two attached hydrogens (primary N) is 1. The molecule has 0 amide bonds. The molecule has 0 aromatic heterocycles. The number of nitrogens with zero attached hydrogens (tertiary/aromatic N) is 1. The Morgan fingerprint density at radius 2 is 1.81 bits per heavy atom. The molecule has 0 bridgehead atoms. The lowest BCUT2D eigenvalue weighted by atomic mass is 10.1. The largest absolute Gasteiger partial charge is 0.393 e. The molecule has 0 spiro atoms. The average molecular weight is 244 g/mol. The summed E-state index contributed by atoms with van der Waals surface area (Å²) in [4.78, 5) is 3.26. The van der Waals surface area contributed by atoms with E-state index in [4.69, 9.17) is 18.0 Å². The summed E-state index contributed by atoms with van der Waals surface area (Å²) >= 11 is 4.88. The highest BCUT2D eigenvalue weighted by molar-refractivity contribution is 7.80. The molecule has 0 fully saturated rings. The third-order valence-corrected chi connectivity index (χ3v) is 3.34. The second-order valence-electron chi connectivity index (χ2n) is 4.57. The van der Waals surface area contributed by atoms with E-state index < -0.39 is 0 Å². The number of hydrogen-bond acceptors (Lipinski definition) is 2. The van der Waals surface area contributed by atoms with Crippen molar-refractivity contribution in [2.24, 2.45) is 5.73 Å². The first-order valence-corrected chi connectivity index (χ1v) is 7.05. The van der Waals surface area contributed by atoms with Gasteiger partial charge in [0, 0.05) is 6.04 Å². The molecule has 0 rings (SSSR count). The van der Waals surface area contributed by atoms with Gasteiger partial charge in [0.15, 0.2) is 0 Å². The van der Waals surface area contributed by atoms with Gasteiger partial charge in [0.25, 0.3) is 0 Å². The van der Waals surface area contributed by atoms with E-state index in [1.807, 2.05) is 0 Å². The van der Waals surface area contributed by atoms with Gasteiger partial charge >= 0.3 is 0 Å². The summed E-state index contributed by atoms with van der Waals surface area (Å²) in [7, 11) is 0. The Morgan fingerprint density at radius 1 is 1.19 bits per heavy atom. The van der Waals surface area contributed by atoms with Crippen molar-refractivity contribution in [3.63, 3.8) is 0 Å². The molecule has 0 aliphatic carbocycles. The van der Waals surface area contributed by atoms with E-state index in [0.717, 1.165) is 12.8 Å². The molecule has 0 aliphatic heterocycles. The number of thiocarbonyl (C=S) groups is 1. The standard InChI is InChI=1S/C13H28N2S/c1-4-6-10-15(12(3)5-2)11-8-7-9-13(14)16/h12H,4-11H2,1-3H3,(H2,14,16). The molecule has 1 atom stereocenters. The minimum Gasteiger partial charge on any atom is -0.393 e. The first kappa shape index (κ1) is 15.9. The third kappa shape index (κ3) is 8.05. The zero-order valence-corrected chi connectivity index (χ0v) is 12.0. The third-order valence-electron chi connectivity index (χ3n) is 3.13. The lowest BCUT2D eigenvalue weighted by molar-refractivity contribution is 0.197. The summed E-state index contributed by atoms with van der Waals surface area (Å²) in [5.74, 6) is 0. The smallest absolute Gasteiger partial charge is 0.0727 e. The van der Waals surface area contributed by atoms with Gasteiger partial charge in [0.1, 0.15) is 0 Å². The predicted molar refractivity (Wildman–Crippen MR) is 76.9 cm³/mol. The number of rotatable bonds is 10. The summed E-state index contributed by atoms with van der Waals surface area (Å²) in [6.07, 6.45) is 7.07. The fraction of sp³-hybridized carbons (Fsp3) is 0.923. The van der Waals surface area contributed by atoms with E-state index >= 15 is 0 Å². The Balaban J connectivity index is 3.77. The van der Waals surface area contributed by atoms with E-state index in [1.165, 1.54) is 38.8 Å². The summed E-state index contributed by atoms with van der Waals surface area (Å²) < 4.78 is 0. The van der Waals surface area contributed by atoms with E-state index in [0.29, 0.717) is 11.0 Å². The molecule has 0 saturated heterocycles. The Bertz CT molecular complexity index is 183. The monoisotopic (exact) mass is 244 g/mol. The normalized spacial score (nSPS) is 13.0. The van der Waals surface area contributed by atoms with Crippen molar-refractivity contribution < 1.29 is 0 Å². The van der Waals surface area contributed by atoms with Crippen LogP contribution in [0, 0.1) is 0 Å². The van der Waals surface area contributed by atoms with Crippen molar-refractivity contribution in [1.29, 1.82) is 0 Å². The first-order valence-electron chi connectivity index (χ1n) is 6.64. The lowest BCUT2D eigenvalue weighted by Crippen LogP contribution is -2.34. The zero-order chi connectivity index (χ0) is 12.4. The average Bonchev–Trinajstić information content (AvgIpc) is 2.26. The van der Waals surface area contributed by atoms with Gasteiger partial charge in [-0.15, -0.1) is 0 Å². The van der Waals surface area contributed by atoms with Crippen LogP contribution in [0.1, 0.15) is 59.3 Å². The van der Waals surface area contributed by atoms with Crippen LogP contribution in [-0.2, 0) is 0 Å². The lowest BCUT2D eigenvalue weighted by Gasteiger charge is -2.28. The van der Waals surface area contributed by atoms with E-state index in [9.17, 15) is 0 Å². The second-order valence-corrected chi connectivity index (χ2v) is 5.09. The van der Waals surface area contributed by atoms with Crippen molar-refractivity contribution in [2.75, 3.05) is 13.1 Å². The van der Waals surface area contributed by atoms with E-state index in [1.54, 1.807) is 0 Å². The van der Waals surface area contributed by atoms with Crippen molar-refractivity contribution >= 4 is 17.2 Å². The molecule has 16 heavy (non-hydrogen) atoms. The summed E-state index contributed by atoms with van der Waals surface area (Å²) in [5, 5.41) is 0. The van der Waals surface area contributed by atoms with Crippen LogP contribution >= 0.6 is 12.2 Å². The van der Waals surface area contributed by atoms with Crippen LogP contribution in [0.3, 0.4) is 0 Å². The van der Waals surface area contributed by atoms with Gasteiger partial charge in [-0.3, -0.25) is 0 Å². The molecule has 0 aliphatic rings. The Labute approximate surface area is 107 Å². The van der Waals surface area contributed by atoms with Gasteiger partial charge in [-0.1, -0.05) is 32.5 Å². The van der Waals surface area contributed by atoms with Crippen LogP contribution in [-0.4, -0.2) is 29.0 Å². The Morgan fingerprint density at radius 3 is 2.31 bits per heavy atom. The van der Waals surface area contributed by atoms with Gasteiger partial charge in [-0.05, 0) is 52.1 Å². The maximum absolute atomic E-state index is 5.49. The van der Waals surface area contributed by atoms with Gasteiger partial charge in [0.05, 0.1) is 4.99 Å². The van der Waals surface area contributed by atoms with Gasteiger partial charge in [0.2, 0.25) is 0 Å². The second kappa shape index (κ2) is 10.0. The maximum Gasteiger partial charge on any atom is 0.0727 e.